The van der Waals surface area contributed by atoms with Crippen LogP contribution in [0.15, 0.2) is 12.1 Å². The second-order valence-corrected chi connectivity index (χ2v) is 4.34. The molecule has 1 aliphatic heterocycles. The van der Waals surface area contributed by atoms with E-state index in [0.29, 0.717) is 0 Å². The topological polar surface area (TPSA) is 3.24 Å². The zero-order chi connectivity index (χ0) is 7.68. The van der Waals surface area contributed by atoms with Gasteiger partial charge in [0.1, 0.15) is 0 Å². The van der Waals surface area contributed by atoms with Gasteiger partial charge in [0.25, 0.3) is 0 Å². The number of aryl methyl sites for hydroxylation is 1. The van der Waals surface area contributed by atoms with Crippen LogP contribution in [-0.2, 0) is 0 Å². The molecule has 0 amide bonds. The van der Waals surface area contributed by atoms with Crippen molar-refractivity contribution in [1.29, 1.82) is 0 Å². The van der Waals surface area contributed by atoms with Gasteiger partial charge in [-0.05, 0) is 31.9 Å². The molecule has 2 heterocycles. The normalized spacial score (nSPS) is 17.7. The molecule has 1 aromatic rings. The smallest absolute Gasteiger partial charge is 0.0911 e. The molecule has 11 heavy (non-hydrogen) atoms. The van der Waals surface area contributed by atoms with E-state index in [1.165, 1.54) is 35.8 Å². The van der Waals surface area contributed by atoms with E-state index in [9.17, 15) is 0 Å². The van der Waals surface area contributed by atoms with Gasteiger partial charge < -0.3 is 4.90 Å². The van der Waals surface area contributed by atoms with Crippen molar-refractivity contribution >= 4 is 16.3 Å². The summed E-state index contributed by atoms with van der Waals surface area (Å²) < 4.78 is 0. The molecular weight excluding hydrogens is 154 g/mol. The van der Waals surface area contributed by atoms with E-state index >= 15 is 0 Å². The first-order valence-corrected chi connectivity index (χ1v) is 4.99. The summed E-state index contributed by atoms with van der Waals surface area (Å²) in [5, 5.41) is 1.46. The minimum absolute atomic E-state index is 1.26. The van der Waals surface area contributed by atoms with Gasteiger partial charge in [-0.3, -0.25) is 0 Å². The van der Waals surface area contributed by atoms with Gasteiger partial charge >= 0.3 is 0 Å². The van der Waals surface area contributed by atoms with E-state index in [0.717, 1.165) is 0 Å². The highest BCUT2D eigenvalue weighted by Gasteiger charge is 2.12. The van der Waals surface area contributed by atoms with Crippen molar-refractivity contribution in [2.24, 2.45) is 0 Å². The summed E-state index contributed by atoms with van der Waals surface area (Å²) in [4.78, 5) is 3.91. The minimum Gasteiger partial charge on any atom is -0.363 e. The molecule has 0 spiro atoms. The van der Waals surface area contributed by atoms with Crippen LogP contribution in [0.5, 0.6) is 0 Å². The number of anilines is 1. The maximum absolute atomic E-state index is 2.48. The van der Waals surface area contributed by atoms with E-state index < -0.39 is 0 Å². The Labute approximate surface area is 71.7 Å². The molecule has 60 valence electrons. The third kappa shape index (κ3) is 1.41. The van der Waals surface area contributed by atoms with Crippen molar-refractivity contribution in [2.45, 2.75) is 19.8 Å². The highest BCUT2D eigenvalue weighted by molar-refractivity contribution is 7.16. The predicted octanol–water partition coefficient (Wildman–Crippen LogP) is 2.66. The number of thiophene rings is 1. The van der Waals surface area contributed by atoms with Crippen molar-refractivity contribution in [3.63, 3.8) is 0 Å². The molecule has 0 aliphatic carbocycles. The maximum atomic E-state index is 2.48. The Morgan fingerprint density at radius 2 is 2.00 bits per heavy atom. The summed E-state index contributed by atoms with van der Waals surface area (Å²) in [5.74, 6) is 0. The van der Waals surface area contributed by atoms with Gasteiger partial charge in [0, 0.05) is 18.0 Å². The second kappa shape index (κ2) is 2.86. The first kappa shape index (κ1) is 7.17. The Bertz CT molecular complexity index is 235. The van der Waals surface area contributed by atoms with Crippen LogP contribution in [0.25, 0.3) is 0 Å². The van der Waals surface area contributed by atoms with Crippen LogP contribution in [0.3, 0.4) is 0 Å². The highest BCUT2D eigenvalue weighted by atomic mass is 32.1. The lowest BCUT2D eigenvalue weighted by molar-refractivity contribution is 0.949. The summed E-state index contributed by atoms with van der Waals surface area (Å²) in [5.41, 5.74) is 0. The molecule has 0 saturated carbocycles. The molecule has 2 rings (SSSR count). The molecule has 0 aromatic carbocycles. The number of hydrogen-bond acceptors (Lipinski definition) is 2. The molecule has 1 aliphatic rings. The molecular formula is C9H13NS. The van der Waals surface area contributed by atoms with Gasteiger partial charge in [-0.15, -0.1) is 11.3 Å². The van der Waals surface area contributed by atoms with Crippen LogP contribution in [0.4, 0.5) is 5.00 Å². The maximum Gasteiger partial charge on any atom is 0.0911 e. The van der Waals surface area contributed by atoms with Gasteiger partial charge in [-0.1, -0.05) is 0 Å². The lowest BCUT2D eigenvalue weighted by atomic mass is 10.4. The lowest BCUT2D eigenvalue weighted by Crippen LogP contribution is -2.15. The minimum atomic E-state index is 1.26. The molecule has 2 heteroatoms. The van der Waals surface area contributed by atoms with E-state index in [1.807, 2.05) is 11.3 Å². The van der Waals surface area contributed by atoms with Crippen molar-refractivity contribution in [3.8, 4) is 0 Å². The van der Waals surface area contributed by atoms with Crippen LogP contribution in [0, 0.1) is 6.92 Å². The summed E-state index contributed by atoms with van der Waals surface area (Å²) in [6, 6.07) is 4.45. The van der Waals surface area contributed by atoms with Crippen molar-refractivity contribution < 1.29 is 0 Å². The molecule has 1 aromatic heterocycles. The third-order valence-electron chi connectivity index (χ3n) is 2.14. The fraction of sp³-hybridized carbons (Fsp3) is 0.556. The van der Waals surface area contributed by atoms with E-state index in [-0.39, 0.29) is 0 Å². The SMILES string of the molecule is Cc1ccc(N2CCCC2)s1. The van der Waals surface area contributed by atoms with Crippen LogP contribution in [-0.4, -0.2) is 13.1 Å². The Kier molecular flexibility index (Phi) is 1.86. The molecule has 1 fully saturated rings. The molecule has 1 saturated heterocycles. The van der Waals surface area contributed by atoms with E-state index in [1.54, 1.807) is 0 Å². The van der Waals surface area contributed by atoms with Crippen LogP contribution >= 0.6 is 11.3 Å². The Hall–Kier alpha value is -0.500. The third-order valence-corrected chi connectivity index (χ3v) is 3.21. The fourth-order valence-electron chi connectivity index (χ4n) is 1.53. The van der Waals surface area contributed by atoms with Gasteiger partial charge in [0.15, 0.2) is 0 Å². The summed E-state index contributed by atoms with van der Waals surface area (Å²) in [7, 11) is 0. The first-order valence-electron chi connectivity index (χ1n) is 4.17. The molecule has 0 N–H and O–H groups in total. The van der Waals surface area contributed by atoms with Crippen molar-refractivity contribution in [2.75, 3.05) is 18.0 Å². The van der Waals surface area contributed by atoms with Gasteiger partial charge in [-0.25, -0.2) is 0 Å². The van der Waals surface area contributed by atoms with E-state index in [2.05, 4.69) is 24.0 Å². The summed E-state index contributed by atoms with van der Waals surface area (Å²) >= 11 is 1.91. The largest absolute Gasteiger partial charge is 0.363 e. The van der Waals surface area contributed by atoms with Gasteiger partial charge in [0.2, 0.25) is 0 Å². The van der Waals surface area contributed by atoms with E-state index in [4.69, 9.17) is 0 Å². The van der Waals surface area contributed by atoms with Crippen molar-refractivity contribution in [3.05, 3.63) is 17.0 Å². The summed E-state index contributed by atoms with van der Waals surface area (Å²) in [6.45, 7) is 4.70. The molecule has 0 unspecified atom stereocenters. The molecule has 0 radical (unpaired) electrons. The average Bonchev–Trinajstić information content (AvgIpc) is 2.55. The predicted molar refractivity (Wildman–Crippen MR) is 50.5 cm³/mol. The Balaban J connectivity index is 2.15. The zero-order valence-electron chi connectivity index (χ0n) is 6.84. The quantitative estimate of drug-likeness (QED) is 0.621. The monoisotopic (exact) mass is 167 g/mol. The fourth-order valence-corrected chi connectivity index (χ4v) is 2.44. The molecule has 1 nitrogen and oxygen atoms in total. The average molecular weight is 167 g/mol. The zero-order valence-corrected chi connectivity index (χ0v) is 7.66. The number of hydrogen-bond donors (Lipinski definition) is 0. The summed E-state index contributed by atoms with van der Waals surface area (Å²) in [6.07, 6.45) is 2.74. The Morgan fingerprint density at radius 1 is 1.27 bits per heavy atom. The van der Waals surface area contributed by atoms with Gasteiger partial charge in [-0.2, -0.15) is 0 Å². The van der Waals surface area contributed by atoms with Crippen LogP contribution < -0.4 is 4.90 Å². The van der Waals surface area contributed by atoms with Crippen molar-refractivity contribution in [1.82, 2.24) is 0 Å². The standard InChI is InChI=1S/C9H13NS/c1-8-4-5-9(11-8)10-6-2-3-7-10/h4-5H,2-3,6-7H2,1H3. The molecule has 0 atom stereocenters. The van der Waals surface area contributed by atoms with Crippen LogP contribution in [0.1, 0.15) is 17.7 Å². The lowest BCUT2D eigenvalue weighted by Gasteiger charge is -2.13. The second-order valence-electron chi connectivity index (χ2n) is 3.08. The Morgan fingerprint density at radius 3 is 2.55 bits per heavy atom. The highest BCUT2D eigenvalue weighted by Crippen LogP contribution is 2.27. The van der Waals surface area contributed by atoms with Crippen LogP contribution in [0.2, 0.25) is 0 Å². The number of nitrogens with zero attached hydrogens (tertiary/aromatic N) is 1. The number of rotatable bonds is 1. The first-order chi connectivity index (χ1) is 5.36. The van der Waals surface area contributed by atoms with Gasteiger partial charge in [0.05, 0.1) is 5.00 Å². The molecule has 0 bridgehead atoms.